The summed E-state index contributed by atoms with van der Waals surface area (Å²) >= 11 is 0. The number of para-hydroxylation sites is 2. The number of benzene rings is 6. The Morgan fingerprint density at radius 2 is 0.980 bits per heavy atom. The van der Waals surface area contributed by atoms with Crippen LogP contribution < -0.4 is 0 Å². The van der Waals surface area contributed by atoms with E-state index in [1.54, 1.807) is 0 Å². The normalized spacial score (nSPS) is 14.5. The van der Waals surface area contributed by atoms with E-state index >= 15 is 0 Å². The number of rotatable bonds is 5. The lowest BCUT2D eigenvalue weighted by atomic mass is 9.89. The van der Waals surface area contributed by atoms with E-state index in [-0.39, 0.29) is 0 Å². The molecule has 0 aliphatic heterocycles. The standard InChI is InChI=1S/C46H31N3O2/c1-28-13-12-18-31(27-28)33-24-26-37(41-35-20-9-11-22-39(35)51-43(33)41)46-48-44(30-16-6-3-7-17-30)47-45(49-46)36-25-23-32(29-14-4-2-5-15-29)42-40(36)34-19-8-10-21-38(34)50-42/h2-26,28H,27H2,1H3. The number of allylic oxidation sites excluding steroid dienone is 4. The number of nitrogens with zero attached hydrogens (tertiary/aromatic N) is 3. The number of furan rings is 2. The van der Waals surface area contributed by atoms with Crippen LogP contribution in [0.2, 0.25) is 0 Å². The van der Waals surface area contributed by atoms with Gasteiger partial charge in [-0.25, -0.2) is 15.0 Å². The second-order valence-corrected chi connectivity index (χ2v) is 13.2. The monoisotopic (exact) mass is 657 g/mol. The third-order valence-electron chi connectivity index (χ3n) is 9.91. The zero-order valence-electron chi connectivity index (χ0n) is 27.9. The van der Waals surface area contributed by atoms with E-state index in [4.69, 9.17) is 23.8 Å². The molecule has 5 nitrogen and oxygen atoms in total. The molecule has 0 bridgehead atoms. The zero-order chi connectivity index (χ0) is 33.9. The molecule has 1 aliphatic rings. The van der Waals surface area contributed by atoms with Crippen molar-refractivity contribution in [1.29, 1.82) is 0 Å². The van der Waals surface area contributed by atoms with E-state index < -0.39 is 0 Å². The van der Waals surface area contributed by atoms with Crippen LogP contribution in [0.25, 0.3) is 94.7 Å². The van der Waals surface area contributed by atoms with E-state index in [1.165, 1.54) is 5.57 Å². The van der Waals surface area contributed by atoms with Crippen LogP contribution in [0.3, 0.4) is 0 Å². The topological polar surface area (TPSA) is 65.0 Å². The number of aromatic nitrogens is 3. The SMILES string of the molecule is CC1C=CC=C(c2ccc(-c3nc(-c4ccccc4)nc(-c4ccc(-c5ccccc5)c5oc6ccccc6c45)n3)c3c2oc2ccccc23)C1. The highest BCUT2D eigenvalue weighted by Gasteiger charge is 2.24. The van der Waals surface area contributed by atoms with Crippen molar-refractivity contribution in [3.8, 4) is 45.3 Å². The maximum atomic E-state index is 6.67. The molecule has 10 rings (SSSR count). The lowest BCUT2D eigenvalue weighted by Crippen LogP contribution is -2.02. The van der Waals surface area contributed by atoms with Gasteiger partial charge in [-0.2, -0.15) is 0 Å². The van der Waals surface area contributed by atoms with Gasteiger partial charge in [0.2, 0.25) is 0 Å². The van der Waals surface area contributed by atoms with Gasteiger partial charge in [-0.05, 0) is 53.8 Å². The van der Waals surface area contributed by atoms with Crippen molar-refractivity contribution in [2.75, 3.05) is 0 Å². The van der Waals surface area contributed by atoms with Gasteiger partial charge in [0.1, 0.15) is 22.3 Å². The number of hydrogen-bond acceptors (Lipinski definition) is 5. The molecule has 0 amide bonds. The minimum atomic E-state index is 0.452. The molecule has 3 heterocycles. The molecule has 0 saturated carbocycles. The van der Waals surface area contributed by atoms with Gasteiger partial charge in [0, 0.05) is 49.4 Å². The van der Waals surface area contributed by atoms with Gasteiger partial charge in [0.15, 0.2) is 17.5 Å². The quantitative estimate of drug-likeness (QED) is 0.184. The molecule has 1 unspecified atom stereocenters. The van der Waals surface area contributed by atoms with Crippen LogP contribution in [-0.2, 0) is 0 Å². The fraction of sp³-hybridized carbons (Fsp3) is 0.0652. The molecule has 0 saturated heterocycles. The van der Waals surface area contributed by atoms with Crippen molar-refractivity contribution in [2.45, 2.75) is 13.3 Å². The molecular formula is C46H31N3O2. The molecule has 5 heteroatoms. The van der Waals surface area contributed by atoms with Crippen LogP contribution in [0.1, 0.15) is 18.9 Å². The predicted octanol–water partition coefficient (Wildman–Crippen LogP) is 12.3. The Morgan fingerprint density at radius 1 is 0.490 bits per heavy atom. The highest BCUT2D eigenvalue weighted by molar-refractivity contribution is 6.17. The molecule has 0 N–H and O–H groups in total. The van der Waals surface area contributed by atoms with Crippen LogP contribution >= 0.6 is 0 Å². The minimum Gasteiger partial charge on any atom is -0.455 e. The van der Waals surface area contributed by atoms with Gasteiger partial charge >= 0.3 is 0 Å². The Bertz CT molecular complexity index is 2840. The first-order valence-electron chi connectivity index (χ1n) is 17.3. The van der Waals surface area contributed by atoms with E-state index in [9.17, 15) is 0 Å². The van der Waals surface area contributed by atoms with Gasteiger partial charge in [0.25, 0.3) is 0 Å². The molecular weight excluding hydrogens is 627 g/mol. The summed E-state index contributed by atoms with van der Waals surface area (Å²) in [5.74, 6) is 2.21. The summed E-state index contributed by atoms with van der Waals surface area (Å²) in [6.45, 7) is 2.25. The third kappa shape index (κ3) is 4.89. The van der Waals surface area contributed by atoms with Crippen LogP contribution in [0.4, 0.5) is 0 Å². The van der Waals surface area contributed by atoms with Crippen molar-refractivity contribution in [2.24, 2.45) is 5.92 Å². The van der Waals surface area contributed by atoms with Crippen molar-refractivity contribution < 1.29 is 8.83 Å². The summed E-state index contributed by atoms with van der Waals surface area (Å²) in [5, 5.41) is 4.02. The first-order valence-corrected chi connectivity index (χ1v) is 17.3. The van der Waals surface area contributed by atoms with Crippen LogP contribution in [0.5, 0.6) is 0 Å². The van der Waals surface area contributed by atoms with Crippen LogP contribution in [0.15, 0.2) is 161 Å². The Morgan fingerprint density at radius 3 is 1.59 bits per heavy atom. The summed E-state index contributed by atoms with van der Waals surface area (Å²) in [5.41, 5.74) is 10.5. The molecule has 9 aromatic rings. The van der Waals surface area contributed by atoms with E-state index in [0.29, 0.717) is 23.4 Å². The lowest BCUT2D eigenvalue weighted by Gasteiger charge is -2.16. The Balaban J connectivity index is 1.26. The Kier molecular flexibility index (Phi) is 6.78. The summed E-state index contributed by atoms with van der Waals surface area (Å²) in [6.07, 6.45) is 7.55. The van der Waals surface area contributed by atoms with Crippen molar-refractivity contribution in [3.05, 3.63) is 157 Å². The molecule has 0 radical (unpaired) electrons. The van der Waals surface area contributed by atoms with Gasteiger partial charge in [-0.3, -0.25) is 0 Å². The third-order valence-corrected chi connectivity index (χ3v) is 9.91. The molecule has 0 spiro atoms. The average Bonchev–Trinajstić information content (AvgIpc) is 3.77. The molecule has 1 atom stereocenters. The fourth-order valence-electron chi connectivity index (χ4n) is 7.50. The molecule has 51 heavy (non-hydrogen) atoms. The fourth-order valence-corrected chi connectivity index (χ4v) is 7.50. The predicted molar refractivity (Wildman–Crippen MR) is 207 cm³/mol. The smallest absolute Gasteiger partial charge is 0.164 e. The zero-order valence-corrected chi connectivity index (χ0v) is 27.9. The van der Waals surface area contributed by atoms with Gasteiger partial charge < -0.3 is 8.83 Å². The summed E-state index contributed by atoms with van der Waals surface area (Å²) < 4.78 is 13.3. The highest BCUT2D eigenvalue weighted by atomic mass is 16.3. The second kappa shape index (κ2) is 11.8. The first kappa shape index (κ1) is 29.3. The van der Waals surface area contributed by atoms with Crippen molar-refractivity contribution in [1.82, 2.24) is 15.0 Å². The average molecular weight is 658 g/mol. The van der Waals surface area contributed by atoms with E-state index in [2.05, 4.69) is 91.9 Å². The number of fused-ring (bicyclic) bond motifs is 6. The lowest BCUT2D eigenvalue weighted by molar-refractivity contribution is 0.666. The Hall–Kier alpha value is -6.59. The molecule has 242 valence electrons. The number of hydrogen-bond donors (Lipinski definition) is 0. The van der Waals surface area contributed by atoms with Gasteiger partial charge in [-0.1, -0.05) is 128 Å². The van der Waals surface area contributed by atoms with Crippen molar-refractivity contribution in [3.63, 3.8) is 0 Å². The van der Waals surface area contributed by atoms with Gasteiger partial charge in [0.05, 0.1) is 0 Å². The summed E-state index contributed by atoms with van der Waals surface area (Å²) in [7, 11) is 0. The van der Waals surface area contributed by atoms with E-state index in [0.717, 1.165) is 83.7 Å². The largest absolute Gasteiger partial charge is 0.455 e. The minimum absolute atomic E-state index is 0.452. The van der Waals surface area contributed by atoms with Crippen LogP contribution in [0, 0.1) is 5.92 Å². The molecule has 1 aliphatic carbocycles. The van der Waals surface area contributed by atoms with Crippen LogP contribution in [-0.4, -0.2) is 15.0 Å². The maximum Gasteiger partial charge on any atom is 0.164 e. The molecule has 6 aromatic carbocycles. The summed E-state index contributed by atoms with van der Waals surface area (Å²) in [4.78, 5) is 15.6. The maximum absolute atomic E-state index is 6.67. The second-order valence-electron chi connectivity index (χ2n) is 13.2. The Labute approximate surface area is 294 Å². The van der Waals surface area contributed by atoms with Crippen molar-refractivity contribution >= 4 is 49.5 Å². The van der Waals surface area contributed by atoms with Gasteiger partial charge in [-0.15, -0.1) is 0 Å². The summed E-state index contributed by atoms with van der Waals surface area (Å²) in [6, 6.07) is 45.4. The van der Waals surface area contributed by atoms with E-state index in [1.807, 2.05) is 66.7 Å². The first-order chi connectivity index (χ1) is 25.2. The highest BCUT2D eigenvalue weighted by Crippen LogP contribution is 2.44. The molecule has 3 aromatic heterocycles. The molecule has 0 fully saturated rings.